The van der Waals surface area contributed by atoms with Crippen LogP contribution in [0.1, 0.15) is 194 Å². The average Bonchev–Trinajstić information content (AvgIpc) is 3.46. The summed E-state index contributed by atoms with van der Waals surface area (Å²) in [6.45, 7) is 23.6. The van der Waals surface area contributed by atoms with E-state index < -0.39 is 0 Å². The molecule has 2 aliphatic carbocycles. The Morgan fingerprint density at radius 1 is 0.508 bits per heavy atom. The Labute approximate surface area is 374 Å². The van der Waals surface area contributed by atoms with Crippen LogP contribution < -0.4 is 4.90 Å². The largest absolute Gasteiger partial charge is 0.311 e. The zero-order valence-electron chi connectivity index (χ0n) is 40.4. The third-order valence-electron chi connectivity index (χ3n) is 14.6. The van der Waals surface area contributed by atoms with Crippen molar-refractivity contribution in [1.82, 2.24) is 0 Å². The molecule has 1 nitrogen and oxygen atoms in total. The molecule has 0 saturated heterocycles. The third kappa shape index (κ3) is 10.9. The molecule has 0 amide bonds. The molecule has 0 fully saturated rings. The summed E-state index contributed by atoms with van der Waals surface area (Å²) in [6, 6.07) is 35.7. The number of fused-ring (bicyclic) bond motifs is 3. The molecule has 0 saturated carbocycles. The van der Waals surface area contributed by atoms with Crippen molar-refractivity contribution in [3.8, 4) is 11.1 Å². The highest BCUT2D eigenvalue weighted by molar-refractivity contribution is 5.79. The van der Waals surface area contributed by atoms with Gasteiger partial charge in [-0.15, -0.1) is 0 Å². The van der Waals surface area contributed by atoms with Crippen LogP contribution in [-0.4, -0.2) is 0 Å². The van der Waals surface area contributed by atoms with E-state index in [1.807, 2.05) is 0 Å². The number of anilines is 3. The van der Waals surface area contributed by atoms with Crippen LogP contribution in [0.5, 0.6) is 0 Å². The first kappa shape index (κ1) is 46.7. The summed E-state index contributed by atoms with van der Waals surface area (Å²) >= 11 is 0. The van der Waals surface area contributed by atoms with E-state index in [0.717, 1.165) is 6.42 Å². The van der Waals surface area contributed by atoms with Gasteiger partial charge in [0.15, 0.2) is 0 Å². The van der Waals surface area contributed by atoms with Gasteiger partial charge in [-0.1, -0.05) is 226 Å². The normalized spacial score (nSPS) is 18.2. The molecule has 61 heavy (non-hydrogen) atoms. The second kappa shape index (κ2) is 20.6. The molecule has 0 aliphatic heterocycles. The quantitative estimate of drug-likeness (QED) is 0.0757. The van der Waals surface area contributed by atoms with Gasteiger partial charge in [-0.2, -0.15) is 0 Å². The summed E-state index contributed by atoms with van der Waals surface area (Å²) < 4.78 is 0. The number of unbranched alkanes of at least 4 members (excludes halogenated alkanes) is 11. The Kier molecular flexibility index (Phi) is 15.7. The molecule has 0 bridgehead atoms. The van der Waals surface area contributed by atoms with Crippen LogP contribution in [0.3, 0.4) is 0 Å². The SMILES string of the molecule is CCCCCCCCC1(CCCCCCCC)c2cc(-c3ccc(N(c4ccc(CCCC)cc4)c4ccc(C(C)(C)C)cc4)cc3)ccc2C2(C)C=CC(C(C)(C)C)=CC21. The summed E-state index contributed by atoms with van der Waals surface area (Å²) in [5.41, 5.74) is 14.1. The lowest BCUT2D eigenvalue weighted by molar-refractivity contribution is 0.225. The zero-order chi connectivity index (χ0) is 43.7. The first-order valence-electron chi connectivity index (χ1n) is 24.9. The highest BCUT2D eigenvalue weighted by atomic mass is 15.1. The lowest BCUT2D eigenvalue weighted by Gasteiger charge is -2.43. The lowest BCUT2D eigenvalue weighted by atomic mass is 9.60. The van der Waals surface area contributed by atoms with Crippen LogP contribution in [0.15, 0.2) is 115 Å². The van der Waals surface area contributed by atoms with Gasteiger partial charge in [-0.3, -0.25) is 0 Å². The van der Waals surface area contributed by atoms with Crippen LogP contribution in [0, 0.1) is 11.3 Å². The third-order valence-corrected chi connectivity index (χ3v) is 14.6. The van der Waals surface area contributed by atoms with E-state index in [-0.39, 0.29) is 21.7 Å². The van der Waals surface area contributed by atoms with Gasteiger partial charge in [0.2, 0.25) is 0 Å². The number of aryl methyl sites for hydroxylation is 1. The van der Waals surface area contributed by atoms with Crippen molar-refractivity contribution in [3.63, 3.8) is 0 Å². The number of hydrogen-bond donors (Lipinski definition) is 0. The molecule has 1 heteroatoms. The topological polar surface area (TPSA) is 3.24 Å². The van der Waals surface area contributed by atoms with E-state index in [2.05, 4.69) is 183 Å². The van der Waals surface area contributed by atoms with Crippen LogP contribution >= 0.6 is 0 Å². The standard InChI is InChI=1S/C60H83N/c1-11-14-17-19-21-23-41-60(42-24-22-20-18-15-12-2)55-44-48(30-39-54(55)59(10)43-40-50(45-56(59)60)58(7,8)9)47-28-35-52(36-29-47)61(51-33-26-46(27-34-51)25-16-13-3)53-37-31-49(32-38-53)57(4,5)6/h26-40,43-45,56H,11-25,41-42H2,1-10H3. The number of rotatable bonds is 21. The van der Waals surface area contributed by atoms with Crippen LogP contribution in [0.25, 0.3) is 11.1 Å². The molecule has 328 valence electrons. The molecule has 0 heterocycles. The van der Waals surface area contributed by atoms with E-state index in [9.17, 15) is 0 Å². The second-order valence-corrected chi connectivity index (χ2v) is 21.4. The van der Waals surface area contributed by atoms with E-state index in [1.54, 1.807) is 11.1 Å². The van der Waals surface area contributed by atoms with Gasteiger partial charge in [0.05, 0.1) is 0 Å². The Bertz CT molecular complexity index is 2010. The van der Waals surface area contributed by atoms with Gasteiger partial charge in [-0.05, 0) is 118 Å². The van der Waals surface area contributed by atoms with Gasteiger partial charge in [0.25, 0.3) is 0 Å². The van der Waals surface area contributed by atoms with Crippen LogP contribution in [0.2, 0.25) is 0 Å². The maximum atomic E-state index is 2.77. The van der Waals surface area contributed by atoms with Crippen LogP contribution in [-0.2, 0) is 22.7 Å². The molecule has 2 aliphatic rings. The van der Waals surface area contributed by atoms with E-state index >= 15 is 0 Å². The zero-order valence-corrected chi connectivity index (χ0v) is 40.4. The fourth-order valence-electron chi connectivity index (χ4n) is 10.7. The van der Waals surface area contributed by atoms with Gasteiger partial charge >= 0.3 is 0 Å². The summed E-state index contributed by atoms with van der Waals surface area (Å²) in [7, 11) is 0. The maximum absolute atomic E-state index is 2.77. The number of hydrogen-bond acceptors (Lipinski definition) is 1. The van der Waals surface area contributed by atoms with Crippen molar-refractivity contribution in [2.75, 3.05) is 4.90 Å². The first-order chi connectivity index (χ1) is 29.2. The molecule has 0 N–H and O–H groups in total. The minimum absolute atomic E-state index is 0.00597. The van der Waals surface area contributed by atoms with Gasteiger partial charge in [-0.25, -0.2) is 0 Å². The molecule has 0 spiro atoms. The number of allylic oxidation sites excluding steroid dienone is 4. The van der Waals surface area contributed by atoms with Gasteiger partial charge in [0.1, 0.15) is 0 Å². The summed E-state index contributed by atoms with van der Waals surface area (Å²) in [5.74, 6) is 0.477. The molecule has 2 unspecified atom stereocenters. The van der Waals surface area contributed by atoms with Crippen molar-refractivity contribution < 1.29 is 0 Å². The molecule has 0 aromatic heterocycles. The molecule has 4 aromatic carbocycles. The summed E-state index contributed by atoms with van der Waals surface area (Å²) in [4.78, 5) is 2.44. The highest BCUT2D eigenvalue weighted by Gasteiger charge is 2.56. The Hall–Kier alpha value is -3.84. The Morgan fingerprint density at radius 3 is 1.52 bits per heavy atom. The molecule has 0 radical (unpaired) electrons. The number of benzene rings is 4. The molecule has 4 aromatic rings. The average molecular weight is 818 g/mol. The minimum atomic E-state index is 0.00597. The first-order valence-corrected chi connectivity index (χ1v) is 24.9. The predicted octanol–water partition coefficient (Wildman–Crippen LogP) is 18.6. The van der Waals surface area contributed by atoms with E-state index in [1.165, 1.54) is 148 Å². The van der Waals surface area contributed by atoms with Crippen molar-refractivity contribution >= 4 is 17.1 Å². The maximum Gasteiger partial charge on any atom is 0.0462 e. The van der Waals surface area contributed by atoms with Crippen LogP contribution in [0.4, 0.5) is 17.1 Å². The molecular formula is C60H83N. The van der Waals surface area contributed by atoms with Gasteiger partial charge in [0, 0.05) is 27.9 Å². The molecule has 2 atom stereocenters. The van der Waals surface area contributed by atoms with Gasteiger partial charge < -0.3 is 4.90 Å². The highest BCUT2D eigenvalue weighted by Crippen LogP contribution is 2.62. The fourth-order valence-corrected chi connectivity index (χ4v) is 10.7. The monoisotopic (exact) mass is 818 g/mol. The minimum Gasteiger partial charge on any atom is -0.311 e. The van der Waals surface area contributed by atoms with E-state index in [4.69, 9.17) is 0 Å². The second-order valence-electron chi connectivity index (χ2n) is 21.4. The Morgan fingerprint density at radius 2 is 1.00 bits per heavy atom. The molecular weight excluding hydrogens is 735 g/mol. The van der Waals surface area contributed by atoms with E-state index in [0.29, 0.717) is 5.92 Å². The summed E-state index contributed by atoms with van der Waals surface area (Å²) in [5, 5.41) is 0. The van der Waals surface area contributed by atoms with Crippen molar-refractivity contribution in [3.05, 3.63) is 137 Å². The molecule has 6 rings (SSSR count). The fraction of sp³-hybridized carbons (Fsp3) is 0.533. The predicted molar refractivity (Wildman–Crippen MR) is 269 cm³/mol. The lowest BCUT2D eigenvalue weighted by Crippen LogP contribution is -2.39. The van der Waals surface area contributed by atoms with Crippen molar-refractivity contribution in [2.45, 2.75) is 195 Å². The van der Waals surface area contributed by atoms with Crippen molar-refractivity contribution in [1.29, 1.82) is 0 Å². The summed E-state index contributed by atoms with van der Waals surface area (Å²) in [6.07, 6.45) is 30.2. The number of nitrogens with zero attached hydrogens (tertiary/aromatic N) is 1. The smallest absolute Gasteiger partial charge is 0.0462 e. The van der Waals surface area contributed by atoms with Crippen molar-refractivity contribution in [2.24, 2.45) is 11.3 Å². The Balaban J connectivity index is 1.39.